The van der Waals surface area contributed by atoms with Crippen molar-refractivity contribution in [1.29, 1.82) is 0 Å². The third-order valence-corrected chi connectivity index (χ3v) is 5.22. The van der Waals surface area contributed by atoms with E-state index in [1.165, 1.54) is 12.1 Å². The first-order valence-corrected chi connectivity index (χ1v) is 9.73. The number of piperazine rings is 1. The molecule has 1 unspecified atom stereocenters. The number of carbonyl (C=O) groups excluding carboxylic acids is 2. The number of rotatable bonds is 6. The van der Waals surface area contributed by atoms with Crippen molar-refractivity contribution in [3.63, 3.8) is 0 Å². The van der Waals surface area contributed by atoms with E-state index >= 15 is 0 Å². The van der Waals surface area contributed by atoms with Crippen molar-refractivity contribution in [2.24, 2.45) is 0 Å². The summed E-state index contributed by atoms with van der Waals surface area (Å²) in [5.74, 6) is -0.106. The fraction of sp³-hybridized carbons (Fsp3) is 0.409. The fourth-order valence-corrected chi connectivity index (χ4v) is 3.66. The van der Waals surface area contributed by atoms with Crippen molar-refractivity contribution in [2.45, 2.75) is 45.3 Å². The number of benzene rings is 1. The van der Waals surface area contributed by atoms with Gasteiger partial charge in [-0.15, -0.1) is 0 Å². The second-order valence-electron chi connectivity index (χ2n) is 7.53. The molecule has 1 saturated heterocycles. The van der Waals surface area contributed by atoms with Crippen molar-refractivity contribution in [3.8, 4) is 5.75 Å². The third kappa shape index (κ3) is 5.17. The lowest BCUT2D eigenvalue weighted by atomic mass is 9.95. The molecule has 29 heavy (non-hydrogen) atoms. The number of aryl methyl sites for hydroxylation is 1. The van der Waals surface area contributed by atoms with E-state index in [9.17, 15) is 14.0 Å². The van der Waals surface area contributed by atoms with Gasteiger partial charge in [-0.2, -0.15) is 0 Å². The SMILES string of the molecule is Cc1ccc(OCC(=O)N2C[C@H](C)NC(Cc3ccc(F)cc3)[C@H]2C)c(C=O)n1. The molecule has 1 aromatic heterocycles. The summed E-state index contributed by atoms with van der Waals surface area (Å²) < 4.78 is 18.8. The van der Waals surface area contributed by atoms with Gasteiger partial charge >= 0.3 is 0 Å². The van der Waals surface area contributed by atoms with Crippen molar-refractivity contribution in [1.82, 2.24) is 15.2 Å². The predicted molar refractivity (Wildman–Crippen MR) is 108 cm³/mol. The van der Waals surface area contributed by atoms with Gasteiger partial charge in [-0.1, -0.05) is 12.1 Å². The van der Waals surface area contributed by atoms with E-state index < -0.39 is 0 Å². The highest BCUT2D eigenvalue weighted by Crippen LogP contribution is 2.19. The monoisotopic (exact) mass is 399 g/mol. The van der Waals surface area contributed by atoms with Gasteiger partial charge in [0.05, 0.1) is 0 Å². The van der Waals surface area contributed by atoms with Crippen LogP contribution in [0.3, 0.4) is 0 Å². The molecule has 2 aromatic rings. The average molecular weight is 399 g/mol. The summed E-state index contributed by atoms with van der Waals surface area (Å²) in [5, 5.41) is 3.53. The molecule has 0 spiro atoms. The Morgan fingerprint density at radius 1 is 1.28 bits per heavy atom. The summed E-state index contributed by atoms with van der Waals surface area (Å²) in [7, 11) is 0. The molecule has 1 aliphatic heterocycles. The second-order valence-corrected chi connectivity index (χ2v) is 7.53. The highest BCUT2D eigenvalue weighted by atomic mass is 19.1. The molecule has 154 valence electrons. The first-order valence-electron chi connectivity index (χ1n) is 9.73. The second kappa shape index (κ2) is 9.13. The Balaban J connectivity index is 1.66. The summed E-state index contributed by atoms with van der Waals surface area (Å²) in [4.78, 5) is 30.0. The zero-order valence-corrected chi connectivity index (χ0v) is 16.9. The molecule has 3 atom stereocenters. The van der Waals surface area contributed by atoms with E-state index in [-0.39, 0.29) is 42.2 Å². The number of nitrogens with zero attached hydrogens (tertiary/aromatic N) is 2. The maximum absolute atomic E-state index is 13.2. The molecule has 6 nitrogen and oxygen atoms in total. The number of carbonyl (C=O) groups is 2. The van der Waals surface area contributed by atoms with Crippen LogP contribution in [0.5, 0.6) is 5.75 Å². The van der Waals surface area contributed by atoms with Crippen LogP contribution in [0.25, 0.3) is 0 Å². The Morgan fingerprint density at radius 2 is 2.00 bits per heavy atom. The third-order valence-electron chi connectivity index (χ3n) is 5.22. The van der Waals surface area contributed by atoms with Crippen LogP contribution in [0.2, 0.25) is 0 Å². The van der Waals surface area contributed by atoms with E-state index in [4.69, 9.17) is 4.74 Å². The molecule has 0 saturated carbocycles. The minimum Gasteiger partial charge on any atom is -0.481 e. The molecule has 2 heterocycles. The molecule has 0 aliphatic carbocycles. The zero-order chi connectivity index (χ0) is 21.0. The lowest BCUT2D eigenvalue weighted by molar-refractivity contribution is -0.138. The maximum Gasteiger partial charge on any atom is 0.260 e. The van der Waals surface area contributed by atoms with Crippen LogP contribution in [-0.4, -0.2) is 53.4 Å². The minimum atomic E-state index is -0.263. The van der Waals surface area contributed by atoms with E-state index in [0.717, 1.165) is 5.56 Å². The average Bonchev–Trinajstić information content (AvgIpc) is 2.70. The van der Waals surface area contributed by atoms with E-state index in [2.05, 4.69) is 10.3 Å². The number of nitrogens with one attached hydrogen (secondary N) is 1. The smallest absolute Gasteiger partial charge is 0.260 e. The zero-order valence-electron chi connectivity index (χ0n) is 16.9. The van der Waals surface area contributed by atoms with Gasteiger partial charge in [0.1, 0.15) is 17.3 Å². The van der Waals surface area contributed by atoms with E-state index in [1.54, 1.807) is 36.1 Å². The van der Waals surface area contributed by atoms with Crippen LogP contribution in [0.15, 0.2) is 36.4 Å². The lowest BCUT2D eigenvalue weighted by Gasteiger charge is -2.43. The molecule has 0 radical (unpaired) electrons. The van der Waals surface area contributed by atoms with Crippen molar-refractivity contribution < 1.29 is 18.7 Å². The molecule has 1 fully saturated rings. The van der Waals surface area contributed by atoms with Crippen LogP contribution in [-0.2, 0) is 11.2 Å². The number of aromatic nitrogens is 1. The Hall–Kier alpha value is -2.80. The quantitative estimate of drug-likeness (QED) is 0.756. The molecular weight excluding hydrogens is 373 g/mol. The van der Waals surface area contributed by atoms with Gasteiger partial charge < -0.3 is 15.0 Å². The number of aldehydes is 1. The summed E-state index contributed by atoms with van der Waals surface area (Å²) in [6.45, 7) is 6.21. The molecular formula is C22H26FN3O3. The number of pyridine rings is 1. The Labute approximate surface area is 170 Å². The van der Waals surface area contributed by atoms with Gasteiger partial charge in [-0.25, -0.2) is 9.37 Å². The molecule has 1 aliphatic rings. The first kappa shape index (κ1) is 20.9. The normalized spacial score (nSPS) is 21.7. The number of hydrogen-bond acceptors (Lipinski definition) is 5. The largest absolute Gasteiger partial charge is 0.481 e. The van der Waals surface area contributed by atoms with Gasteiger partial charge in [-0.05, 0) is 57.0 Å². The number of amides is 1. The summed E-state index contributed by atoms with van der Waals surface area (Å²) >= 11 is 0. The highest BCUT2D eigenvalue weighted by Gasteiger charge is 2.34. The number of ether oxygens (including phenoxy) is 1. The Bertz CT molecular complexity index is 872. The maximum atomic E-state index is 13.2. The predicted octanol–water partition coefficient (Wildman–Crippen LogP) is 2.54. The molecule has 3 rings (SSSR count). The lowest BCUT2D eigenvalue weighted by Crippen LogP contribution is -2.63. The van der Waals surface area contributed by atoms with Crippen LogP contribution < -0.4 is 10.1 Å². The molecule has 1 amide bonds. The Kier molecular flexibility index (Phi) is 6.59. The van der Waals surface area contributed by atoms with Crippen molar-refractivity contribution in [2.75, 3.05) is 13.2 Å². The van der Waals surface area contributed by atoms with E-state index in [1.807, 2.05) is 13.8 Å². The highest BCUT2D eigenvalue weighted by molar-refractivity contribution is 5.80. The van der Waals surface area contributed by atoms with Gasteiger partial charge in [0.15, 0.2) is 12.9 Å². The topological polar surface area (TPSA) is 71.5 Å². The van der Waals surface area contributed by atoms with Crippen molar-refractivity contribution in [3.05, 3.63) is 59.2 Å². The molecule has 1 N–H and O–H groups in total. The van der Waals surface area contributed by atoms with Crippen LogP contribution >= 0.6 is 0 Å². The van der Waals surface area contributed by atoms with E-state index in [0.29, 0.717) is 30.7 Å². The molecule has 7 heteroatoms. The summed E-state index contributed by atoms with van der Waals surface area (Å²) in [6.07, 6.45) is 1.31. The van der Waals surface area contributed by atoms with Crippen LogP contribution in [0.1, 0.15) is 35.6 Å². The summed E-state index contributed by atoms with van der Waals surface area (Å²) in [6, 6.07) is 9.92. The molecule has 0 bridgehead atoms. The standard InChI is InChI=1S/C22H26FN3O3/c1-14-4-9-21(20(12-27)24-14)29-13-22(28)26-11-15(2)25-19(16(26)3)10-17-5-7-18(23)8-6-17/h4-9,12,15-16,19,25H,10-11,13H2,1-3H3/t15-,16+,19?/m0/s1. The van der Waals surface area contributed by atoms with Gasteiger partial charge in [0, 0.05) is 30.4 Å². The van der Waals surface area contributed by atoms with Gasteiger partial charge in [-0.3, -0.25) is 9.59 Å². The van der Waals surface area contributed by atoms with Crippen LogP contribution in [0, 0.1) is 12.7 Å². The first-order chi connectivity index (χ1) is 13.9. The fourth-order valence-electron chi connectivity index (χ4n) is 3.66. The van der Waals surface area contributed by atoms with Crippen LogP contribution in [0.4, 0.5) is 4.39 Å². The number of halogens is 1. The minimum absolute atomic E-state index is 0.0414. The summed E-state index contributed by atoms with van der Waals surface area (Å²) in [5.41, 5.74) is 1.91. The molecule has 1 aromatic carbocycles. The van der Waals surface area contributed by atoms with Gasteiger partial charge in [0.2, 0.25) is 0 Å². The van der Waals surface area contributed by atoms with Crippen molar-refractivity contribution >= 4 is 12.2 Å². The number of hydrogen-bond donors (Lipinski definition) is 1. The van der Waals surface area contributed by atoms with Gasteiger partial charge in [0.25, 0.3) is 5.91 Å². The Morgan fingerprint density at radius 3 is 2.69 bits per heavy atom.